The molecule has 0 bridgehead atoms. The SMILES string of the molecule is Cc1cc(C)c2c(CC(=O)N/N=C3\CCCc4oc(C(=O)Nc5ccc(Oc6ccccc6)cc5)c(C)c43)coc2c1. The van der Waals surface area contributed by atoms with Gasteiger partial charge in [0, 0.05) is 34.2 Å². The molecule has 0 unspecified atom stereocenters. The molecule has 2 amide bonds. The van der Waals surface area contributed by atoms with Gasteiger partial charge in [0.1, 0.15) is 22.8 Å². The van der Waals surface area contributed by atoms with E-state index in [1.54, 1.807) is 30.5 Å². The first-order valence-corrected chi connectivity index (χ1v) is 14.0. The number of carbonyl (C=O) groups is 2. The smallest absolute Gasteiger partial charge is 0.291 e. The van der Waals surface area contributed by atoms with E-state index in [2.05, 4.69) is 21.9 Å². The first kappa shape index (κ1) is 27.1. The Bertz CT molecular complexity index is 1810. The number of rotatable bonds is 7. The summed E-state index contributed by atoms with van der Waals surface area (Å²) in [5, 5.41) is 8.33. The molecular weight excluding hydrogens is 530 g/mol. The van der Waals surface area contributed by atoms with Crippen LogP contribution in [0.15, 0.2) is 86.9 Å². The third-order valence-electron chi connectivity index (χ3n) is 7.38. The Morgan fingerprint density at radius 1 is 0.952 bits per heavy atom. The van der Waals surface area contributed by atoms with Gasteiger partial charge in [-0.2, -0.15) is 5.10 Å². The van der Waals surface area contributed by atoms with E-state index in [0.29, 0.717) is 41.3 Å². The molecule has 1 aliphatic carbocycles. The van der Waals surface area contributed by atoms with Crippen LogP contribution in [0, 0.1) is 20.8 Å². The number of hydrazone groups is 1. The zero-order chi connectivity index (χ0) is 29.2. The first-order chi connectivity index (χ1) is 20.4. The summed E-state index contributed by atoms with van der Waals surface area (Å²) in [5.74, 6) is 1.75. The maximum absolute atomic E-state index is 13.2. The van der Waals surface area contributed by atoms with E-state index in [-0.39, 0.29) is 24.0 Å². The van der Waals surface area contributed by atoms with Crippen molar-refractivity contribution in [2.45, 2.75) is 46.5 Å². The Hall–Kier alpha value is -5.11. The molecule has 42 heavy (non-hydrogen) atoms. The minimum atomic E-state index is -0.348. The fraction of sp³-hybridized carbons (Fsp3) is 0.206. The molecule has 0 saturated heterocycles. The molecule has 8 heteroatoms. The van der Waals surface area contributed by atoms with Crippen molar-refractivity contribution < 1.29 is 23.2 Å². The number of ether oxygens (including phenoxy) is 1. The fourth-order valence-electron chi connectivity index (χ4n) is 5.51. The van der Waals surface area contributed by atoms with Gasteiger partial charge in [0.2, 0.25) is 5.91 Å². The Kier molecular flexibility index (Phi) is 7.35. The summed E-state index contributed by atoms with van der Waals surface area (Å²) in [6.07, 6.45) is 3.96. The van der Waals surface area contributed by atoms with Crippen LogP contribution in [0.3, 0.4) is 0 Å². The van der Waals surface area contributed by atoms with Crippen LogP contribution in [0.2, 0.25) is 0 Å². The summed E-state index contributed by atoms with van der Waals surface area (Å²) in [5.41, 5.74) is 9.30. The normalized spacial score (nSPS) is 13.6. The minimum absolute atomic E-state index is 0.147. The van der Waals surface area contributed by atoms with Crippen molar-refractivity contribution in [3.8, 4) is 11.5 Å². The molecule has 0 spiro atoms. The average Bonchev–Trinajstić information content (AvgIpc) is 3.54. The summed E-state index contributed by atoms with van der Waals surface area (Å²) in [6.45, 7) is 5.88. The molecule has 3 aromatic carbocycles. The highest BCUT2D eigenvalue weighted by Crippen LogP contribution is 2.31. The molecule has 0 radical (unpaired) electrons. The second kappa shape index (κ2) is 11.4. The molecule has 0 atom stereocenters. The van der Waals surface area contributed by atoms with Gasteiger partial charge in [0.05, 0.1) is 18.4 Å². The zero-order valence-corrected chi connectivity index (χ0v) is 23.7. The summed E-state index contributed by atoms with van der Waals surface area (Å²) in [7, 11) is 0. The van der Waals surface area contributed by atoms with Crippen LogP contribution >= 0.6 is 0 Å². The number of anilines is 1. The Balaban J connectivity index is 1.14. The molecule has 2 heterocycles. The third kappa shape index (κ3) is 5.56. The van der Waals surface area contributed by atoms with E-state index >= 15 is 0 Å². The molecule has 0 saturated carbocycles. The molecule has 2 N–H and O–H groups in total. The van der Waals surface area contributed by atoms with Gasteiger partial charge in [-0.05, 0) is 87.2 Å². The van der Waals surface area contributed by atoms with E-state index in [9.17, 15) is 9.59 Å². The number of nitrogens with zero attached hydrogens (tertiary/aromatic N) is 1. The highest BCUT2D eigenvalue weighted by molar-refractivity contribution is 6.09. The molecule has 212 valence electrons. The quantitative estimate of drug-likeness (QED) is 0.202. The fourth-order valence-corrected chi connectivity index (χ4v) is 5.51. The van der Waals surface area contributed by atoms with Gasteiger partial charge in [-0.15, -0.1) is 0 Å². The number of carbonyl (C=O) groups excluding carboxylic acids is 2. The number of furan rings is 2. The number of nitrogens with one attached hydrogen (secondary N) is 2. The number of hydrogen-bond acceptors (Lipinski definition) is 6. The Morgan fingerprint density at radius 2 is 1.71 bits per heavy atom. The van der Waals surface area contributed by atoms with Gasteiger partial charge in [-0.3, -0.25) is 9.59 Å². The molecule has 6 rings (SSSR count). The van der Waals surface area contributed by atoms with Gasteiger partial charge in [-0.25, -0.2) is 5.43 Å². The van der Waals surface area contributed by atoms with Gasteiger partial charge in [0.25, 0.3) is 5.91 Å². The summed E-state index contributed by atoms with van der Waals surface area (Å²) < 4.78 is 17.5. The van der Waals surface area contributed by atoms with E-state index < -0.39 is 0 Å². The van der Waals surface area contributed by atoms with E-state index in [1.165, 1.54) is 0 Å². The van der Waals surface area contributed by atoms with Gasteiger partial charge in [-0.1, -0.05) is 24.3 Å². The lowest BCUT2D eigenvalue weighted by Crippen LogP contribution is -2.23. The largest absolute Gasteiger partial charge is 0.464 e. The van der Waals surface area contributed by atoms with Crippen LogP contribution in [-0.2, 0) is 17.6 Å². The monoisotopic (exact) mass is 561 g/mol. The number of aryl methyl sites for hydroxylation is 3. The molecule has 0 aliphatic heterocycles. The summed E-state index contributed by atoms with van der Waals surface area (Å²) in [4.78, 5) is 26.0. The van der Waals surface area contributed by atoms with Gasteiger partial charge in [0.15, 0.2) is 5.76 Å². The lowest BCUT2D eigenvalue weighted by atomic mass is 9.93. The maximum Gasteiger partial charge on any atom is 0.291 e. The Morgan fingerprint density at radius 3 is 2.50 bits per heavy atom. The highest BCUT2D eigenvalue weighted by atomic mass is 16.5. The van der Waals surface area contributed by atoms with E-state index in [4.69, 9.17) is 13.6 Å². The van der Waals surface area contributed by atoms with Crippen LogP contribution in [0.25, 0.3) is 11.0 Å². The van der Waals surface area contributed by atoms with Crippen LogP contribution in [0.1, 0.15) is 57.0 Å². The molecular formula is C34H31N3O5. The van der Waals surface area contributed by atoms with Crippen LogP contribution in [0.4, 0.5) is 5.69 Å². The predicted molar refractivity (Wildman–Crippen MR) is 161 cm³/mol. The second-order valence-electron chi connectivity index (χ2n) is 10.6. The van der Waals surface area contributed by atoms with Crippen molar-refractivity contribution in [3.63, 3.8) is 0 Å². The van der Waals surface area contributed by atoms with Gasteiger partial charge >= 0.3 is 0 Å². The predicted octanol–water partition coefficient (Wildman–Crippen LogP) is 7.39. The van der Waals surface area contributed by atoms with Crippen LogP contribution < -0.4 is 15.5 Å². The first-order valence-electron chi connectivity index (χ1n) is 14.0. The summed E-state index contributed by atoms with van der Waals surface area (Å²) in [6, 6.07) is 20.7. The maximum atomic E-state index is 13.2. The number of para-hydroxylation sites is 1. The van der Waals surface area contributed by atoms with Crippen molar-refractivity contribution in [1.82, 2.24) is 5.43 Å². The Labute approximate surface area is 243 Å². The molecule has 8 nitrogen and oxygen atoms in total. The highest BCUT2D eigenvalue weighted by Gasteiger charge is 2.28. The summed E-state index contributed by atoms with van der Waals surface area (Å²) >= 11 is 0. The topological polar surface area (TPSA) is 106 Å². The van der Waals surface area contributed by atoms with E-state index in [0.717, 1.165) is 45.4 Å². The third-order valence-corrected chi connectivity index (χ3v) is 7.38. The van der Waals surface area contributed by atoms with Crippen molar-refractivity contribution in [1.29, 1.82) is 0 Å². The molecule has 1 aliphatic rings. The molecule has 5 aromatic rings. The minimum Gasteiger partial charge on any atom is -0.464 e. The van der Waals surface area contributed by atoms with Crippen molar-refractivity contribution in [2.75, 3.05) is 5.32 Å². The zero-order valence-electron chi connectivity index (χ0n) is 23.7. The molecule has 0 fully saturated rings. The van der Waals surface area contributed by atoms with Crippen molar-refractivity contribution in [3.05, 3.63) is 112 Å². The standard InChI is InChI=1S/C34H31N3O5/c1-20-16-21(2)31-23(19-40-29(31)17-20)18-30(38)37-36-27-10-7-11-28-32(27)22(3)33(42-28)34(39)35-24-12-14-26(15-13-24)41-25-8-5-4-6-9-25/h4-6,8-9,12-17,19H,7,10-11,18H2,1-3H3,(H,35,39)(H,37,38)/b36-27+. The second-order valence-corrected chi connectivity index (χ2v) is 10.6. The lowest BCUT2D eigenvalue weighted by Gasteiger charge is -2.13. The van der Waals surface area contributed by atoms with Crippen LogP contribution in [-0.4, -0.2) is 17.5 Å². The van der Waals surface area contributed by atoms with E-state index in [1.807, 2.05) is 57.2 Å². The number of benzene rings is 3. The van der Waals surface area contributed by atoms with Crippen molar-refractivity contribution in [2.24, 2.45) is 5.10 Å². The average molecular weight is 562 g/mol. The van der Waals surface area contributed by atoms with Crippen LogP contribution in [0.5, 0.6) is 11.5 Å². The van der Waals surface area contributed by atoms with Gasteiger partial charge < -0.3 is 18.9 Å². The lowest BCUT2D eigenvalue weighted by molar-refractivity contribution is -0.120. The number of hydrogen-bond donors (Lipinski definition) is 2. The molecule has 2 aromatic heterocycles. The van der Waals surface area contributed by atoms with Crippen molar-refractivity contribution >= 4 is 34.2 Å². The number of amides is 2. The number of fused-ring (bicyclic) bond motifs is 2.